The van der Waals surface area contributed by atoms with Gasteiger partial charge < -0.3 is 9.90 Å². The molecule has 1 unspecified atom stereocenters. The Balaban J connectivity index is 2.52. The molecule has 0 spiro atoms. The number of rotatable bonds is 3. The number of aromatic carboxylic acids is 1. The Labute approximate surface area is 102 Å². The standard InChI is InChI=1S/C12H9NO5/c1-6(5-14)13-10(15)8-3-2-7(12(17)18)4-9(8)11(13)16/h2-6H,1H3,(H,17,18). The quantitative estimate of drug-likeness (QED) is 0.622. The van der Waals surface area contributed by atoms with Gasteiger partial charge in [0.2, 0.25) is 0 Å². The van der Waals surface area contributed by atoms with Gasteiger partial charge >= 0.3 is 5.97 Å². The smallest absolute Gasteiger partial charge is 0.335 e. The third kappa shape index (κ3) is 1.58. The van der Waals surface area contributed by atoms with Crippen molar-refractivity contribution in [2.45, 2.75) is 13.0 Å². The molecule has 1 aliphatic heterocycles. The predicted octanol–water partition coefficient (Wildman–Crippen LogP) is 0.568. The molecule has 0 bridgehead atoms. The highest BCUT2D eigenvalue weighted by Crippen LogP contribution is 2.25. The number of carboxylic acid groups (broad SMARTS) is 1. The number of aldehydes is 1. The predicted molar refractivity (Wildman–Crippen MR) is 59.4 cm³/mol. The normalized spacial score (nSPS) is 15.5. The molecule has 1 heterocycles. The minimum absolute atomic E-state index is 0.0219. The van der Waals surface area contributed by atoms with Crippen LogP contribution in [0.5, 0.6) is 0 Å². The maximum atomic E-state index is 11.9. The van der Waals surface area contributed by atoms with E-state index in [0.717, 1.165) is 11.0 Å². The van der Waals surface area contributed by atoms with E-state index in [9.17, 15) is 19.2 Å². The van der Waals surface area contributed by atoms with Crippen molar-refractivity contribution in [2.75, 3.05) is 0 Å². The van der Waals surface area contributed by atoms with Crippen LogP contribution in [-0.2, 0) is 4.79 Å². The van der Waals surface area contributed by atoms with E-state index in [0.29, 0.717) is 6.29 Å². The first-order valence-electron chi connectivity index (χ1n) is 5.18. The molecule has 1 N–H and O–H groups in total. The van der Waals surface area contributed by atoms with E-state index < -0.39 is 23.8 Å². The third-order valence-corrected chi connectivity index (χ3v) is 2.77. The van der Waals surface area contributed by atoms with Crippen LogP contribution < -0.4 is 0 Å². The fraction of sp³-hybridized carbons (Fsp3) is 0.167. The van der Waals surface area contributed by atoms with Crippen molar-refractivity contribution < 1.29 is 24.3 Å². The second kappa shape index (κ2) is 4.06. The molecule has 92 valence electrons. The number of fused-ring (bicyclic) bond motifs is 1. The lowest BCUT2D eigenvalue weighted by molar-refractivity contribution is -0.110. The summed E-state index contributed by atoms with van der Waals surface area (Å²) in [5.41, 5.74) is 0.0720. The van der Waals surface area contributed by atoms with E-state index in [1.165, 1.54) is 19.1 Å². The molecule has 0 aliphatic carbocycles. The molecule has 0 saturated carbocycles. The average Bonchev–Trinajstić information content (AvgIpc) is 2.61. The highest BCUT2D eigenvalue weighted by atomic mass is 16.4. The summed E-state index contributed by atoms with van der Waals surface area (Å²) in [6.45, 7) is 1.42. The third-order valence-electron chi connectivity index (χ3n) is 2.77. The maximum absolute atomic E-state index is 11.9. The number of imide groups is 1. The van der Waals surface area contributed by atoms with Gasteiger partial charge in [-0.05, 0) is 25.1 Å². The highest BCUT2D eigenvalue weighted by molar-refractivity contribution is 6.22. The Bertz CT molecular complexity index is 578. The molecular formula is C12H9NO5. The zero-order chi connectivity index (χ0) is 13.4. The maximum Gasteiger partial charge on any atom is 0.335 e. The highest BCUT2D eigenvalue weighted by Gasteiger charge is 2.38. The fourth-order valence-corrected chi connectivity index (χ4v) is 1.82. The van der Waals surface area contributed by atoms with Crippen LogP contribution in [0.15, 0.2) is 18.2 Å². The molecule has 0 saturated heterocycles. The van der Waals surface area contributed by atoms with Crippen LogP contribution in [0.25, 0.3) is 0 Å². The molecule has 0 radical (unpaired) electrons. The largest absolute Gasteiger partial charge is 0.478 e. The van der Waals surface area contributed by atoms with Gasteiger partial charge in [0.15, 0.2) is 0 Å². The summed E-state index contributed by atoms with van der Waals surface area (Å²) in [7, 11) is 0. The van der Waals surface area contributed by atoms with Crippen LogP contribution in [0.3, 0.4) is 0 Å². The molecule has 18 heavy (non-hydrogen) atoms. The number of carbonyl (C=O) groups is 4. The molecule has 6 nitrogen and oxygen atoms in total. The van der Waals surface area contributed by atoms with E-state index in [-0.39, 0.29) is 16.7 Å². The number of hydrogen-bond donors (Lipinski definition) is 1. The molecule has 1 aromatic rings. The summed E-state index contributed by atoms with van der Waals surface area (Å²) in [6, 6.07) is 2.82. The van der Waals surface area contributed by atoms with Crippen molar-refractivity contribution in [3.8, 4) is 0 Å². The molecule has 0 aromatic heterocycles. The van der Waals surface area contributed by atoms with Crippen molar-refractivity contribution >= 4 is 24.1 Å². The molecule has 2 amide bonds. The van der Waals surface area contributed by atoms with Crippen LogP contribution in [0.1, 0.15) is 38.0 Å². The van der Waals surface area contributed by atoms with E-state index in [1.807, 2.05) is 0 Å². The van der Waals surface area contributed by atoms with Gasteiger partial charge in [-0.3, -0.25) is 14.5 Å². The van der Waals surface area contributed by atoms with Crippen LogP contribution >= 0.6 is 0 Å². The Hall–Kier alpha value is -2.50. The van der Waals surface area contributed by atoms with Gasteiger partial charge in [0.05, 0.1) is 22.7 Å². The first-order chi connectivity index (χ1) is 8.47. The van der Waals surface area contributed by atoms with E-state index >= 15 is 0 Å². The van der Waals surface area contributed by atoms with Crippen LogP contribution in [0.2, 0.25) is 0 Å². The Morgan fingerprint density at radius 3 is 2.44 bits per heavy atom. The van der Waals surface area contributed by atoms with E-state index in [1.54, 1.807) is 0 Å². The summed E-state index contributed by atoms with van der Waals surface area (Å²) in [5, 5.41) is 8.82. The summed E-state index contributed by atoms with van der Waals surface area (Å²) in [5.74, 6) is -2.40. The summed E-state index contributed by atoms with van der Waals surface area (Å²) >= 11 is 0. The number of amides is 2. The minimum atomic E-state index is -1.18. The molecule has 2 rings (SSSR count). The van der Waals surface area contributed by atoms with Crippen molar-refractivity contribution in [1.82, 2.24) is 4.90 Å². The lowest BCUT2D eigenvalue weighted by atomic mass is 10.1. The second-order valence-corrected chi connectivity index (χ2v) is 3.92. The number of nitrogens with zero attached hydrogens (tertiary/aromatic N) is 1. The van der Waals surface area contributed by atoms with Gasteiger partial charge in [-0.2, -0.15) is 0 Å². The van der Waals surface area contributed by atoms with Crippen molar-refractivity contribution in [3.63, 3.8) is 0 Å². The van der Waals surface area contributed by atoms with Crippen LogP contribution in [0, 0.1) is 0 Å². The van der Waals surface area contributed by atoms with E-state index in [4.69, 9.17) is 5.11 Å². The number of benzene rings is 1. The van der Waals surface area contributed by atoms with Gasteiger partial charge in [0, 0.05) is 0 Å². The lowest BCUT2D eigenvalue weighted by Gasteiger charge is -2.16. The second-order valence-electron chi connectivity index (χ2n) is 3.92. The molecular weight excluding hydrogens is 238 g/mol. The number of hydrogen-bond acceptors (Lipinski definition) is 4. The molecule has 1 aliphatic rings. The summed E-state index contributed by atoms with van der Waals surface area (Å²) < 4.78 is 0. The van der Waals surface area contributed by atoms with Crippen LogP contribution in [0.4, 0.5) is 0 Å². The molecule has 1 aromatic carbocycles. The van der Waals surface area contributed by atoms with Gasteiger partial charge in [0.25, 0.3) is 11.8 Å². The van der Waals surface area contributed by atoms with E-state index in [2.05, 4.69) is 0 Å². The summed E-state index contributed by atoms with van der Waals surface area (Å²) in [6.07, 6.45) is 0.486. The average molecular weight is 247 g/mol. The van der Waals surface area contributed by atoms with Crippen molar-refractivity contribution in [2.24, 2.45) is 0 Å². The minimum Gasteiger partial charge on any atom is -0.478 e. The van der Waals surface area contributed by atoms with Gasteiger partial charge in [-0.1, -0.05) is 0 Å². The zero-order valence-corrected chi connectivity index (χ0v) is 9.41. The monoisotopic (exact) mass is 247 g/mol. The zero-order valence-electron chi connectivity index (χ0n) is 9.41. The van der Waals surface area contributed by atoms with Crippen molar-refractivity contribution in [1.29, 1.82) is 0 Å². The Kier molecular flexibility index (Phi) is 2.70. The van der Waals surface area contributed by atoms with Crippen LogP contribution in [-0.4, -0.2) is 40.1 Å². The Morgan fingerprint density at radius 1 is 1.28 bits per heavy atom. The number of carbonyl (C=O) groups excluding carboxylic acids is 3. The summed E-state index contributed by atoms with van der Waals surface area (Å²) in [4.78, 5) is 46.1. The number of carboxylic acids is 1. The Morgan fingerprint density at radius 2 is 1.89 bits per heavy atom. The molecule has 6 heteroatoms. The van der Waals surface area contributed by atoms with Crippen molar-refractivity contribution in [3.05, 3.63) is 34.9 Å². The first-order valence-corrected chi connectivity index (χ1v) is 5.18. The fourth-order valence-electron chi connectivity index (χ4n) is 1.82. The SMILES string of the molecule is CC(C=O)N1C(=O)c2ccc(C(=O)O)cc2C1=O. The molecule has 0 fully saturated rings. The van der Waals surface area contributed by atoms with Gasteiger partial charge in [0.1, 0.15) is 6.29 Å². The first kappa shape index (κ1) is 12.0. The lowest BCUT2D eigenvalue weighted by Crippen LogP contribution is -2.38. The topological polar surface area (TPSA) is 91.8 Å². The van der Waals surface area contributed by atoms with Gasteiger partial charge in [-0.25, -0.2) is 4.79 Å². The van der Waals surface area contributed by atoms with Gasteiger partial charge in [-0.15, -0.1) is 0 Å². The molecule has 1 atom stereocenters.